The van der Waals surface area contributed by atoms with E-state index >= 15 is 0 Å². The first-order chi connectivity index (χ1) is 28.9. The molecule has 2 aliphatic heterocycles. The second kappa shape index (κ2) is 19.4. The summed E-state index contributed by atoms with van der Waals surface area (Å²) in [4.78, 5) is 44.5. The van der Waals surface area contributed by atoms with Gasteiger partial charge in [-0.1, -0.05) is 30.7 Å². The minimum absolute atomic E-state index is 0.227. The molecule has 60 heavy (non-hydrogen) atoms. The molecule has 1 unspecified atom stereocenters. The predicted octanol–water partition coefficient (Wildman–Crippen LogP) is 7.05. The molecule has 5 N–H and O–H groups in total. The summed E-state index contributed by atoms with van der Waals surface area (Å²) in [5, 5.41) is 17.6. The van der Waals surface area contributed by atoms with Gasteiger partial charge in [0.1, 0.15) is 24.2 Å². The Hall–Kier alpha value is -4.66. The van der Waals surface area contributed by atoms with Gasteiger partial charge in [-0.05, 0) is 109 Å². The number of amides is 2. The molecule has 0 bridgehead atoms. The van der Waals surface area contributed by atoms with Crippen LogP contribution in [0.5, 0.6) is 5.75 Å². The highest BCUT2D eigenvalue weighted by molar-refractivity contribution is 9.10. The quantitative estimate of drug-likeness (QED) is 0.0387. The second-order valence-electron chi connectivity index (χ2n) is 15.5. The van der Waals surface area contributed by atoms with Crippen LogP contribution in [-0.2, 0) is 27.0 Å². The third-order valence-corrected chi connectivity index (χ3v) is 13.5. The lowest BCUT2D eigenvalue weighted by molar-refractivity contribution is -0.134. The average molecular weight is 918 g/mol. The molecule has 7 rings (SSSR count). The number of aromatic nitrogens is 4. The lowest BCUT2D eigenvalue weighted by Gasteiger charge is -2.35. The van der Waals surface area contributed by atoms with E-state index in [1.165, 1.54) is 11.3 Å². The van der Waals surface area contributed by atoms with Crippen molar-refractivity contribution >= 4 is 91.7 Å². The molecule has 17 heteroatoms. The molecule has 2 saturated heterocycles. The maximum atomic E-state index is 13.5. The van der Waals surface area contributed by atoms with E-state index in [0.717, 1.165) is 75.2 Å². The number of nitrogens with zero attached hydrogens (tertiary/aromatic N) is 5. The SMILES string of the molecule is CCc1cc(Nc2ncc(Br)c(Nc3ccc4nccnc4c3P(C)(C)=O)n2)c(OC)cc1N1CCC(NCCNCCc2ccc(C3CCC(=O)NC3=O)c(Cl)c2)CC1. The van der Waals surface area contributed by atoms with Gasteiger partial charge < -0.3 is 35.5 Å². The Morgan fingerprint density at radius 1 is 0.967 bits per heavy atom. The zero-order valence-electron chi connectivity index (χ0n) is 34.3. The van der Waals surface area contributed by atoms with Gasteiger partial charge in [0.25, 0.3) is 0 Å². The van der Waals surface area contributed by atoms with E-state index in [4.69, 9.17) is 21.3 Å². The first-order valence-electron chi connectivity index (χ1n) is 20.3. The number of rotatable bonds is 16. The summed E-state index contributed by atoms with van der Waals surface area (Å²) in [6.45, 7) is 10.0. The number of piperidine rings is 2. The van der Waals surface area contributed by atoms with E-state index in [0.29, 0.717) is 67.9 Å². The van der Waals surface area contributed by atoms with Crippen molar-refractivity contribution in [3.8, 4) is 5.75 Å². The van der Waals surface area contributed by atoms with Crippen molar-refractivity contribution in [2.45, 2.75) is 57.4 Å². The standard InChI is InChI=1S/C43H51BrClN10O4P/c1-5-27-23-35(52-43-50-25-31(44)41(54-43)51-34-10-9-33-39(49-19-18-48-33)40(34)60(3,4)58)37(59-2)24-36(27)55-20-13-28(14-21-55)47-17-16-46-15-12-26-6-7-29(32(45)22-26)30-8-11-38(56)53-42(30)57/h6-7,9-10,18-19,22-25,28,30,46-47H,5,8,11-17,20-21H2,1-4H3,(H,53,56,57)(H2,50,51,52,54). The number of halogens is 2. The fraction of sp³-hybridized carbons (Fsp3) is 0.395. The topological polar surface area (TPSA) is 175 Å². The van der Waals surface area contributed by atoms with Crippen molar-refractivity contribution < 1.29 is 18.9 Å². The van der Waals surface area contributed by atoms with Crippen LogP contribution in [0.4, 0.5) is 28.8 Å². The Morgan fingerprint density at radius 2 is 1.77 bits per heavy atom. The molecule has 2 aromatic heterocycles. The fourth-order valence-electron chi connectivity index (χ4n) is 7.93. The molecule has 0 aliphatic carbocycles. The van der Waals surface area contributed by atoms with Crippen LogP contribution in [-0.4, -0.2) is 91.0 Å². The smallest absolute Gasteiger partial charge is 0.234 e. The largest absolute Gasteiger partial charge is 0.494 e. The van der Waals surface area contributed by atoms with Crippen LogP contribution < -0.4 is 41.5 Å². The monoisotopic (exact) mass is 916 g/mol. The zero-order chi connectivity index (χ0) is 42.4. The minimum atomic E-state index is -2.77. The van der Waals surface area contributed by atoms with Crippen molar-refractivity contribution in [1.82, 2.24) is 35.9 Å². The number of imide groups is 1. The van der Waals surface area contributed by atoms with E-state index in [1.54, 1.807) is 39.0 Å². The first-order valence-corrected chi connectivity index (χ1v) is 24.1. The van der Waals surface area contributed by atoms with Crippen LogP contribution in [0.3, 0.4) is 0 Å². The summed E-state index contributed by atoms with van der Waals surface area (Å²) in [7, 11) is -1.10. The van der Waals surface area contributed by atoms with E-state index in [9.17, 15) is 14.2 Å². The minimum Gasteiger partial charge on any atom is -0.494 e. The molecule has 0 saturated carbocycles. The summed E-state index contributed by atoms with van der Waals surface area (Å²) in [5.41, 5.74) is 6.92. The highest BCUT2D eigenvalue weighted by Crippen LogP contribution is 2.42. The van der Waals surface area contributed by atoms with Crippen molar-refractivity contribution in [3.05, 3.63) is 87.2 Å². The van der Waals surface area contributed by atoms with Crippen LogP contribution in [0.2, 0.25) is 5.02 Å². The highest BCUT2D eigenvalue weighted by Gasteiger charge is 2.30. The molecule has 14 nitrogen and oxygen atoms in total. The van der Waals surface area contributed by atoms with Gasteiger partial charge in [-0.15, -0.1) is 0 Å². The van der Waals surface area contributed by atoms with Gasteiger partial charge in [-0.2, -0.15) is 4.98 Å². The van der Waals surface area contributed by atoms with Crippen LogP contribution in [0.15, 0.2) is 65.5 Å². The summed E-state index contributed by atoms with van der Waals surface area (Å²) in [6.07, 6.45) is 9.45. The molecule has 4 heterocycles. The Labute approximate surface area is 363 Å². The van der Waals surface area contributed by atoms with E-state index in [2.05, 4.69) is 81.4 Å². The summed E-state index contributed by atoms with van der Waals surface area (Å²) < 4.78 is 20.0. The number of fused-ring (bicyclic) bond motifs is 1. The lowest BCUT2D eigenvalue weighted by atomic mass is 9.90. The number of carbonyl (C=O) groups excluding carboxylic acids is 2. The Balaban J connectivity index is 0.912. The number of carbonyl (C=O) groups is 2. The van der Waals surface area contributed by atoms with Crippen LogP contribution >= 0.6 is 34.7 Å². The Bertz CT molecular complexity index is 2430. The van der Waals surface area contributed by atoms with Crippen molar-refractivity contribution in [2.75, 3.05) is 68.7 Å². The van der Waals surface area contributed by atoms with Gasteiger partial charge >= 0.3 is 0 Å². The van der Waals surface area contributed by atoms with Gasteiger partial charge in [0.2, 0.25) is 17.8 Å². The number of anilines is 5. The Morgan fingerprint density at radius 3 is 2.50 bits per heavy atom. The van der Waals surface area contributed by atoms with Crippen molar-refractivity contribution in [3.63, 3.8) is 0 Å². The van der Waals surface area contributed by atoms with Crippen molar-refractivity contribution in [2.24, 2.45) is 0 Å². The van der Waals surface area contributed by atoms with E-state index < -0.39 is 7.14 Å². The van der Waals surface area contributed by atoms with Crippen LogP contribution in [0.1, 0.15) is 55.2 Å². The third-order valence-electron chi connectivity index (χ3n) is 11.0. The second-order valence-corrected chi connectivity index (χ2v) is 19.9. The molecule has 2 fully saturated rings. The molecule has 2 amide bonds. The molecular weight excluding hydrogens is 867 g/mol. The summed E-state index contributed by atoms with van der Waals surface area (Å²) in [6, 6.07) is 14.2. The zero-order valence-corrected chi connectivity index (χ0v) is 37.5. The van der Waals surface area contributed by atoms with Gasteiger partial charge in [0, 0.05) is 74.0 Å². The van der Waals surface area contributed by atoms with Gasteiger partial charge in [-0.25, -0.2) is 4.98 Å². The first kappa shape index (κ1) is 43.4. The summed E-state index contributed by atoms with van der Waals surface area (Å²) in [5.74, 6) is 0.686. The molecule has 5 aromatic rings. The Kier molecular flexibility index (Phi) is 14.0. The number of benzene rings is 3. The number of aryl methyl sites for hydroxylation is 1. The van der Waals surface area contributed by atoms with Gasteiger partial charge in [0.05, 0.1) is 39.7 Å². The molecular formula is C43H51BrClN10O4P. The van der Waals surface area contributed by atoms with Crippen LogP contribution in [0, 0.1) is 0 Å². The van der Waals surface area contributed by atoms with E-state index in [1.807, 2.05) is 30.3 Å². The molecule has 316 valence electrons. The number of hydrogen-bond acceptors (Lipinski definition) is 13. The van der Waals surface area contributed by atoms with E-state index in [-0.39, 0.29) is 17.7 Å². The lowest BCUT2D eigenvalue weighted by Crippen LogP contribution is -2.44. The van der Waals surface area contributed by atoms with Crippen LogP contribution in [0.25, 0.3) is 11.0 Å². The molecule has 0 spiro atoms. The average Bonchev–Trinajstić information content (AvgIpc) is 3.23. The molecule has 2 aliphatic rings. The predicted molar refractivity (Wildman–Crippen MR) is 244 cm³/mol. The number of ether oxygens (including phenoxy) is 1. The summed E-state index contributed by atoms with van der Waals surface area (Å²) >= 11 is 10.1. The maximum absolute atomic E-state index is 13.5. The molecule has 3 aromatic carbocycles. The normalized spacial score (nSPS) is 16.2. The fourth-order valence-corrected chi connectivity index (χ4v) is 9.95. The molecule has 0 radical (unpaired) electrons. The third kappa shape index (κ3) is 10.3. The molecule has 1 atom stereocenters. The number of methoxy groups -OCH3 is 1. The highest BCUT2D eigenvalue weighted by atomic mass is 79.9. The maximum Gasteiger partial charge on any atom is 0.234 e. The number of nitrogens with one attached hydrogen (secondary N) is 5. The number of hydrogen-bond donors (Lipinski definition) is 5. The van der Waals surface area contributed by atoms with Gasteiger partial charge in [-0.3, -0.25) is 24.9 Å². The van der Waals surface area contributed by atoms with Gasteiger partial charge in [0.15, 0.2) is 0 Å². The van der Waals surface area contributed by atoms with Crippen molar-refractivity contribution in [1.29, 1.82) is 0 Å².